The van der Waals surface area contributed by atoms with E-state index in [9.17, 15) is 4.79 Å². The first-order valence-electron chi connectivity index (χ1n) is 5.65. The third-order valence-corrected chi connectivity index (χ3v) is 4.06. The maximum atomic E-state index is 11.4. The normalized spacial score (nSPS) is 36.2. The number of carbonyl (C=O) groups excluding carboxylic acids is 1. The Morgan fingerprint density at radius 3 is 2.57 bits per heavy atom. The molecule has 0 aromatic heterocycles. The molecule has 1 atom stereocenters. The minimum absolute atomic E-state index is 0.343. The number of allylic oxidation sites excluding steroid dienone is 2. The summed E-state index contributed by atoms with van der Waals surface area (Å²) in [5.41, 5.74) is 2.18. The first-order chi connectivity index (χ1) is 6.41. The van der Waals surface area contributed by atoms with E-state index in [1.807, 2.05) is 6.08 Å². The lowest BCUT2D eigenvalue weighted by Crippen LogP contribution is -2.34. The Bertz CT molecular complexity index is 298. The highest BCUT2D eigenvalue weighted by Gasteiger charge is 2.40. The van der Waals surface area contributed by atoms with E-state index in [-0.39, 0.29) is 0 Å². The van der Waals surface area contributed by atoms with Gasteiger partial charge in [0, 0.05) is 6.42 Å². The van der Waals surface area contributed by atoms with Crippen LogP contribution in [0, 0.1) is 10.8 Å². The zero-order chi connectivity index (χ0) is 10.4. The van der Waals surface area contributed by atoms with Crippen molar-refractivity contribution < 1.29 is 4.79 Å². The van der Waals surface area contributed by atoms with Gasteiger partial charge in [-0.1, -0.05) is 26.3 Å². The van der Waals surface area contributed by atoms with Gasteiger partial charge in [0.1, 0.15) is 0 Å². The van der Waals surface area contributed by atoms with E-state index >= 15 is 0 Å². The monoisotopic (exact) mass is 192 g/mol. The number of carbonyl (C=O) groups is 1. The first kappa shape index (κ1) is 9.95. The van der Waals surface area contributed by atoms with E-state index < -0.39 is 0 Å². The van der Waals surface area contributed by atoms with Crippen LogP contribution >= 0.6 is 0 Å². The summed E-state index contributed by atoms with van der Waals surface area (Å²) in [6.07, 6.45) is 7.46. The van der Waals surface area contributed by atoms with Crippen LogP contribution in [-0.4, -0.2) is 5.78 Å². The predicted molar refractivity (Wildman–Crippen MR) is 58.1 cm³/mol. The highest BCUT2D eigenvalue weighted by atomic mass is 16.1. The van der Waals surface area contributed by atoms with Crippen LogP contribution in [0.1, 0.15) is 52.9 Å². The number of ketones is 1. The van der Waals surface area contributed by atoms with E-state index in [1.165, 1.54) is 18.4 Å². The van der Waals surface area contributed by atoms with Crippen molar-refractivity contribution >= 4 is 5.78 Å². The van der Waals surface area contributed by atoms with E-state index in [4.69, 9.17) is 0 Å². The van der Waals surface area contributed by atoms with Crippen molar-refractivity contribution in [2.45, 2.75) is 52.9 Å². The molecule has 1 fully saturated rings. The van der Waals surface area contributed by atoms with Gasteiger partial charge in [0.2, 0.25) is 0 Å². The van der Waals surface area contributed by atoms with Crippen molar-refractivity contribution in [3.05, 3.63) is 11.6 Å². The maximum absolute atomic E-state index is 11.4. The average Bonchev–Trinajstić information content (AvgIpc) is 2.08. The number of hydrogen-bond donors (Lipinski definition) is 0. The minimum atomic E-state index is 0.343. The topological polar surface area (TPSA) is 17.1 Å². The molecule has 1 saturated carbocycles. The van der Waals surface area contributed by atoms with Gasteiger partial charge < -0.3 is 0 Å². The van der Waals surface area contributed by atoms with Crippen molar-refractivity contribution in [1.82, 2.24) is 0 Å². The molecule has 0 aliphatic heterocycles. The van der Waals surface area contributed by atoms with Gasteiger partial charge in [-0.05, 0) is 42.6 Å². The third-order valence-electron chi connectivity index (χ3n) is 4.06. The fourth-order valence-corrected chi connectivity index (χ4v) is 2.77. The lowest BCUT2D eigenvalue weighted by molar-refractivity contribution is -0.116. The summed E-state index contributed by atoms with van der Waals surface area (Å²) >= 11 is 0. The Balaban J connectivity index is 2.30. The maximum Gasteiger partial charge on any atom is 0.155 e. The highest BCUT2D eigenvalue weighted by Crippen LogP contribution is 2.52. The molecule has 14 heavy (non-hydrogen) atoms. The Morgan fingerprint density at radius 2 is 1.86 bits per heavy atom. The average molecular weight is 192 g/mol. The second-order valence-corrected chi connectivity index (χ2v) is 6.04. The van der Waals surface area contributed by atoms with Crippen molar-refractivity contribution in [1.29, 1.82) is 0 Å². The molecule has 2 rings (SSSR count). The summed E-state index contributed by atoms with van der Waals surface area (Å²) in [5.74, 6) is 0.343. The molecule has 0 saturated heterocycles. The zero-order valence-corrected chi connectivity index (χ0v) is 9.52. The van der Waals surface area contributed by atoms with Crippen LogP contribution in [0.25, 0.3) is 0 Å². The summed E-state index contributed by atoms with van der Waals surface area (Å²) < 4.78 is 0. The second kappa shape index (κ2) is 2.95. The Kier molecular flexibility index (Phi) is 2.09. The van der Waals surface area contributed by atoms with E-state index in [0.717, 1.165) is 19.3 Å². The highest BCUT2D eigenvalue weighted by molar-refractivity contribution is 5.91. The van der Waals surface area contributed by atoms with Crippen LogP contribution in [0.2, 0.25) is 0 Å². The van der Waals surface area contributed by atoms with Crippen LogP contribution in [-0.2, 0) is 4.79 Å². The predicted octanol–water partition coefficient (Wildman–Crippen LogP) is 3.49. The molecule has 0 bridgehead atoms. The quantitative estimate of drug-likeness (QED) is 0.574. The molecule has 0 amide bonds. The molecule has 2 aliphatic carbocycles. The molecule has 0 radical (unpaired) electrons. The van der Waals surface area contributed by atoms with E-state index in [1.54, 1.807) is 0 Å². The molecule has 0 spiro atoms. The molecule has 1 nitrogen and oxygen atoms in total. The second-order valence-electron chi connectivity index (χ2n) is 6.04. The van der Waals surface area contributed by atoms with Crippen molar-refractivity contribution in [3.8, 4) is 0 Å². The van der Waals surface area contributed by atoms with Gasteiger partial charge in [0.05, 0.1) is 0 Å². The largest absolute Gasteiger partial charge is 0.295 e. The zero-order valence-electron chi connectivity index (χ0n) is 9.52. The summed E-state index contributed by atoms with van der Waals surface area (Å²) in [6, 6.07) is 0. The third kappa shape index (κ3) is 1.65. The number of rotatable bonds is 0. The van der Waals surface area contributed by atoms with Gasteiger partial charge in [-0.15, -0.1) is 0 Å². The summed E-state index contributed by atoms with van der Waals surface area (Å²) in [5, 5.41) is 0. The van der Waals surface area contributed by atoms with Gasteiger partial charge in [-0.3, -0.25) is 4.79 Å². The van der Waals surface area contributed by atoms with Crippen LogP contribution < -0.4 is 0 Å². The van der Waals surface area contributed by atoms with Gasteiger partial charge >= 0.3 is 0 Å². The Hall–Kier alpha value is -0.590. The van der Waals surface area contributed by atoms with Crippen LogP contribution in [0.3, 0.4) is 0 Å². The van der Waals surface area contributed by atoms with Crippen molar-refractivity contribution in [3.63, 3.8) is 0 Å². The fourth-order valence-electron chi connectivity index (χ4n) is 2.77. The lowest BCUT2D eigenvalue weighted by atomic mass is 9.59. The molecular weight excluding hydrogens is 172 g/mol. The lowest BCUT2D eigenvalue weighted by Gasteiger charge is -2.45. The number of fused-ring (bicyclic) bond motifs is 1. The first-order valence-corrected chi connectivity index (χ1v) is 5.65. The Labute approximate surface area is 86.6 Å². The van der Waals surface area contributed by atoms with Crippen LogP contribution in [0.4, 0.5) is 0 Å². The van der Waals surface area contributed by atoms with Crippen LogP contribution in [0.5, 0.6) is 0 Å². The molecule has 0 aromatic rings. The van der Waals surface area contributed by atoms with Gasteiger partial charge in [0.15, 0.2) is 5.78 Å². The van der Waals surface area contributed by atoms with Crippen molar-refractivity contribution in [2.24, 2.45) is 10.8 Å². The molecule has 0 aromatic carbocycles. The minimum Gasteiger partial charge on any atom is -0.295 e. The van der Waals surface area contributed by atoms with Crippen molar-refractivity contribution in [2.75, 3.05) is 0 Å². The van der Waals surface area contributed by atoms with Gasteiger partial charge in [-0.25, -0.2) is 0 Å². The molecular formula is C13H20O. The molecule has 1 heteroatoms. The smallest absolute Gasteiger partial charge is 0.155 e. The summed E-state index contributed by atoms with van der Waals surface area (Å²) in [6.45, 7) is 6.96. The van der Waals surface area contributed by atoms with Gasteiger partial charge in [-0.2, -0.15) is 0 Å². The molecule has 0 heterocycles. The molecule has 0 N–H and O–H groups in total. The fraction of sp³-hybridized carbons (Fsp3) is 0.769. The molecule has 78 valence electrons. The Morgan fingerprint density at radius 1 is 1.14 bits per heavy atom. The molecule has 0 unspecified atom stereocenters. The number of hydrogen-bond acceptors (Lipinski definition) is 1. The standard InChI is InChI=1S/C13H20O/c1-12(2)6-7-13(3)5-4-11(14)8-10(13)9-12/h8H,4-7,9H2,1-3H3/t13-/m0/s1. The van der Waals surface area contributed by atoms with E-state index in [2.05, 4.69) is 20.8 Å². The molecule has 2 aliphatic rings. The summed E-state index contributed by atoms with van der Waals surface area (Å²) in [7, 11) is 0. The summed E-state index contributed by atoms with van der Waals surface area (Å²) in [4.78, 5) is 11.4. The van der Waals surface area contributed by atoms with Gasteiger partial charge in [0.25, 0.3) is 0 Å². The van der Waals surface area contributed by atoms with Crippen LogP contribution in [0.15, 0.2) is 11.6 Å². The SMILES string of the molecule is CC1(C)CC[C@]2(C)CCC(=O)C=C2C1. The van der Waals surface area contributed by atoms with E-state index in [0.29, 0.717) is 16.6 Å².